The zero-order valence-electron chi connectivity index (χ0n) is 11.8. The van der Waals surface area contributed by atoms with Gasteiger partial charge in [-0.15, -0.1) is 0 Å². The van der Waals surface area contributed by atoms with E-state index < -0.39 is 0 Å². The number of ether oxygens (including phenoxy) is 1. The van der Waals surface area contributed by atoms with Crippen molar-refractivity contribution in [3.63, 3.8) is 0 Å². The summed E-state index contributed by atoms with van der Waals surface area (Å²) in [6, 6.07) is 8.15. The molecule has 106 valence electrons. The van der Waals surface area contributed by atoms with E-state index in [0.717, 1.165) is 18.8 Å². The number of rotatable bonds is 1. The van der Waals surface area contributed by atoms with Crippen LogP contribution in [0.2, 0.25) is 0 Å². The molecule has 2 fully saturated rings. The molecule has 20 heavy (non-hydrogen) atoms. The van der Waals surface area contributed by atoms with E-state index in [9.17, 15) is 4.79 Å². The van der Waals surface area contributed by atoms with Crippen molar-refractivity contribution < 1.29 is 9.53 Å². The molecule has 1 aromatic carbocycles. The minimum Gasteiger partial charge on any atom is -0.375 e. The van der Waals surface area contributed by atoms with Gasteiger partial charge in [-0.2, -0.15) is 0 Å². The third kappa shape index (κ3) is 1.71. The predicted octanol–water partition coefficient (Wildman–Crippen LogP) is 1.44. The molecule has 2 aliphatic heterocycles. The van der Waals surface area contributed by atoms with Crippen LogP contribution in [-0.2, 0) is 14.9 Å². The molecular weight excluding hydrogens is 252 g/mol. The lowest BCUT2D eigenvalue weighted by atomic mass is 9.99. The smallest absolute Gasteiger partial charge is 0.246 e. The fourth-order valence-corrected chi connectivity index (χ4v) is 3.58. The number of para-hydroxylation sites is 1. The molecule has 1 spiro atoms. The second-order valence-corrected chi connectivity index (χ2v) is 6.23. The SMILES string of the molecule is C[C@H]1OCCN[C@@H]1C(=O)N1CC2(CC2)c2ccccc21. The molecule has 2 atom stereocenters. The van der Waals surface area contributed by atoms with Crippen LogP contribution >= 0.6 is 0 Å². The molecule has 1 N–H and O–H groups in total. The van der Waals surface area contributed by atoms with Gasteiger partial charge in [-0.05, 0) is 31.4 Å². The number of hydrogen-bond acceptors (Lipinski definition) is 3. The van der Waals surface area contributed by atoms with E-state index in [1.54, 1.807) is 0 Å². The lowest BCUT2D eigenvalue weighted by Gasteiger charge is -2.32. The number of fused-ring (bicyclic) bond motifs is 2. The van der Waals surface area contributed by atoms with Crippen molar-refractivity contribution in [1.82, 2.24) is 5.32 Å². The van der Waals surface area contributed by atoms with E-state index in [0.29, 0.717) is 6.61 Å². The average Bonchev–Trinajstić information content (AvgIpc) is 3.17. The first kappa shape index (κ1) is 12.4. The zero-order chi connectivity index (χ0) is 13.7. The Hall–Kier alpha value is -1.39. The molecule has 1 saturated carbocycles. The molecule has 0 aromatic heterocycles. The molecule has 1 aliphatic carbocycles. The van der Waals surface area contributed by atoms with Crippen LogP contribution in [0.5, 0.6) is 0 Å². The van der Waals surface area contributed by atoms with E-state index >= 15 is 0 Å². The molecular formula is C16H20N2O2. The van der Waals surface area contributed by atoms with Crippen molar-refractivity contribution in [2.45, 2.75) is 37.3 Å². The van der Waals surface area contributed by atoms with Crippen LogP contribution in [-0.4, -0.2) is 37.7 Å². The van der Waals surface area contributed by atoms with Gasteiger partial charge in [-0.25, -0.2) is 0 Å². The fourth-order valence-electron chi connectivity index (χ4n) is 3.58. The van der Waals surface area contributed by atoms with Crippen LogP contribution in [0.25, 0.3) is 0 Å². The molecule has 0 bridgehead atoms. The highest BCUT2D eigenvalue weighted by Gasteiger charge is 2.53. The molecule has 1 saturated heterocycles. The molecule has 1 amide bonds. The van der Waals surface area contributed by atoms with Crippen molar-refractivity contribution >= 4 is 11.6 Å². The maximum Gasteiger partial charge on any atom is 0.246 e. The third-order valence-electron chi connectivity index (χ3n) is 4.93. The maximum atomic E-state index is 12.9. The summed E-state index contributed by atoms with van der Waals surface area (Å²) in [5, 5.41) is 3.31. The quantitative estimate of drug-likeness (QED) is 0.841. The summed E-state index contributed by atoms with van der Waals surface area (Å²) < 4.78 is 5.62. The van der Waals surface area contributed by atoms with E-state index in [-0.39, 0.29) is 23.5 Å². The van der Waals surface area contributed by atoms with E-state index in [4.69, 9.17) is 4.74 Å². The van der Waals surface area contributed by atoms with Crippen LogP contribution in [0.4, 0.5) is 5.69 Å². The summed E-state index contributed by atoms with van der Waals surface area (Å²) in [6.07, 6.45) is 2.36. The Labute approximate surface area is 119 Å². The van der Waals surface area contributed by atoms with Gasteiger partial charge in [0.15, 0.2) is 0 Å². The highest BCUT2D eigenvalue weighted by atomic mass is 16.5. The topological polar surface area (TPSA) is 41.6 Å². The van der Waals surface area contributed by atoms with Gasteiger partial charge in [0.25, 0.3) is 0 Å². The fraction of sp³-hybridized carbons (Fsp3) is 0.562. The number of amides is 1. The van der Waals surface area contributed by atoms with Gasteiger partial charge >= 0.3 is 0 Å². The second kappa shape index (κ2) is 4.30. The average molecular weight is 272 g/mol. The Bertz CT molecular complexity index is 553. The number of hydrogen-bond donors (Lipinski definition) is 1. The Balaban J connectivity index is 1.65. The summed E-state index contributed by atoms with van der Waals surface area (Å²) in [6.45, 7) is 4.26. The molecule has 0 unspecified atom stereocenters. The Morgan fingerprint density at radius 2 is 2.20 bits per heavy atom. The van der Waals surface area contributed by atoms with E-state index in [1.807, 2.05) is 17.9 Å². The summed E-state index contributed by atoms with van der Waals surface area (Å²) in [5.41, 5.74) is 2.72. The number of anilines is 1. The molecule has 3 aliphatic rings. The van der Waals surface area contributed by atoms with Crippen LogP contribution in [0.15, 0.2) is 24.3 Å². The van der Waals surface area contributed by atoms with Crippen molar-refractivity contribution in [2.24, 2.45) is 0 Å². The third-order valence-corrected chi connectivity index (χ3v) is 4.93. The predicted molar refractivity (Wildman–Crippen MR) is 76.9 cm³/mol. The van der Waals surface area contributed by atoms with Crippen LogP contribution in [0.1, 0.15) is 25.3 Å². The first-order valence-electron chi connectivity index (χ1n) is 7.47. The molecule has 4 nitrogen and oxygen atoms in total. The summed E-state index contributed by atoms with van der Waals surface area (Å²) in [4.78, 5) is 14.8. The molecule has 4 rings (SSSR count). The maximum absolute atomic E-state index is 12.9. The second-order valence-electron chi connectivity index (χ2n) is 6.23. The molecule has 1 aromatic rings. The van der Waals surface area contributed by atoms with E-state index in [1.165, 1.54) is 18.4 Å². The first-order chi connectivity index (χ1) is 9.71. The van der Waals surface area contributed by atoms with Gasteiger partial charge in [-0.1, -0.05) is 18.2 Å². The van der Waals surface area contributed by atoms with Crippen molar-refractivity contribution in [3.05, 3.63) is 29.8 Å². The first-order valence-corrected chi connectivity index (χ1v) is 7.47. The van der Waals surface area contributed by atoms with Crippen LogP contribution in [0.3, 0.4) is 0 Å². The standard InChI is InChI=1S/C16H20N2O2/c1-11-14(17-8-9-20-11)15(19)18-10-16(6-7-16)12-4-2-3-5-13(12)18/h2-5,11,14,17H,6-10H2,1H3/t11-,14+/m1/s1. The van der Waals surface area contributed by atoms with Gasteiger partial charge in [-0.3, -0.25) is 4.79 Å². The minimum absolute atomic E-state index is 0.0563. The summed E-state index contributed by atoms with van der Waals surface area (Å²) in [7, 11) is 0. The number of benzene rings is 1. The van der Waals surface area contributed by atoms with Gasteiger partial charge in [0.2, 0.25) is 5.91 Å². The molecule has 2 heterocycles. The van der Waals surface area contributed by atoms with E-state index in [2.05, 4.69) is 23.5 Å². The number of morpholine rings is 1. The summed E-state index contributed by atoms with van der Waals surface area (Å²) >= 11 is 0. The Kier molecular flexibility index (Phi) is 2.66. The van der Waals surface area contributed by atoms with Crippen LogP contribution < -0.4 is 10.2 Å². The highest BCUT2D eigenvalue weighted by Crippen LogP contribution is 2.56. The Morgan fingerprint density at radius 3 is 2.95 bits per heavy atom. The lowest BCUT2D eigenvalue weighted by molar-refractivity contribution is -0.126. The van der Waals surface area contributed by atoms with Gasteiger partial charge < -0.3 is 15.0 Å². The largest absolute Gasteiger partial charge is 0.375 e. The number of carbonyl (C=O) groups is 1. The molecule has 4 heteroatoms. The highest BCUT2D eigenvalue weighted by molar-refractivity contribution is 6.00. The van der Waals surface area contributed by atoms with Crippen molar-refractivity contribution in [2.75, 3.05) is 24.6 Å². The number of nitrogens with one attached hydrogen (secondary N) is 1. The van der Waals surface area contributed by atoms with Gasteiger partial charge in [0, 0.05) is 24.2 Å². The lowest BCUT2D eigenvalue weighted by Crippen LogP contribution is -2.56. The van der Waals surface area contributed by atoms with Crippen molar-refractivity contribution in [3.8, 4) is 0 Å². The zero-order valence-corrected chi connectivity index (χ0v) is 11.8. The normalized spacial score (nSPS) is 30.4. The van der Waals surface area contributed by atoms with Crippen LogP contribution in [0, 0.1) is 0 Å². The minimum atomic E-state index is -0.217. The monoisotopic (exact) mass is 272 g/mol. The van der Waals surface area contributed by atoms with Gasteiger partial charge in [0.05, 0.1) is 12.7 Å². The van der Waals surface area contributed by atoms with Gasteiger partial charge in [0.1, 0.15) is 6.04 Å². The summed E-state index contributed by atoms with van der Waals surface area (Å²) in [5.74, 6) is 0.161. The molecule has 0 radical (unpaired) electrons. The van der Waals surface area contributed by atoms with Crippen molar-refractivity contribution in [1.29, 1.82) is 0 Å². The Morgan fingerprint density at radius 1 is 1.40 bits per heavy atom. The number of nitrogens with zero attached hydrogens (tertiary/aromatic N) is 1. The number of carbonyl (C=O) groups excluding carboxylic acids is 1.